The molecule has 6 nitrogen and oxygen atoms in total. The van der Waals surface area contributed by atoms with Gasteiger partial charge in [-0.2, -0.15) is 5.26 Å². The molecule has 0 saturated heterocycles. The van der Waals surface area contributed by atoms with Gasteiger partial charge in [0.25, 0.3) is 0 Å². The molecule has 0 aliphatic carbocycles. The fourth-order valence-corrected chi connectivity index (χ4v) is 2.50. The van der Waals surface area contributed by atoms with E-state index in [2.05, 4.69) is 11.4 Å². The first-order valence-electron chi connectivity index (χ1n) is 8.20. The van der Waals surface area contributed by atoms with Crippen LogP contribution in [-0.4, -0.2) is 38.1 Å². The Labute approximate surface area is 153 Å². The molecule has 1 amide bonds. The Hall–Kier alpha value is -3.04. The Kier molecular flexibility index (Phi) is 6.59. The van der Waals surface area contributed by atoms with Crippen molar-refractivity contribution < 1.29 is 14.3 Å². The second-order valence-electron chi connectivity index (χ2n) is 5.95. The molecule has 0 radical (unpaired) electrons. The second kappa shape index (κ2) is 8.88. The van der Waals surface area contributed by atoms with Crippen molar-refractivity contribution in [3.05, 3.63) is 53.6 Å². The monoisotopic (exact) mass is 353 g/mol. The van der Waals surface area contributed by atoms with Crippen molar-refractivity contribution in [1.29, 1.82) is 5.26 Å². The maximum atomic E-state index is 12.5. The molecule has 0 aliphatic heterocycles. The Balaban J connectivity index is 2.05. The molecule has 0 spiro atoms. The predicted octanol–water partition coefficient (Wildman–Crippen LogP) is 3.03. The van der Waals surface area contributed by atoms with Crippen LogP contribution in [0.1, 0.15) is 18.1 Å². The summed E-state index contributed by atoms with van der Waals surface area (Å²) in [7, 11) is 5.09. The third kappa shape index (κ3) is 4.74. The van der Waals surface area contributed by atoms with Crippen molar-refractivity contribution in [2.75, 3.05) is 26.6 Å². The lowest BCUT2D eigenvalue weighted by Crippen LogP contribution is -2.39. The molecule has 6 heteroatoms. The number of carbonyl (C=O) groups is 1. The summed E-state index contributed by atoms with van der Waals surface area (Å²) in [4.78, 5) is 14.4. The van der Waals surface area contributed by atoms with Gasteiger partial charge in [0, 0.05) is 23.9 Å². The van der Waals surface area contributed by atoms with Crippen LogP contribution in [0, 0.1) is 11.3 Å². The maximum absolute atomic E-state index is 12.5. The molecule has 2 aromatic carbocycles. The minimum Gasteiger partial charge on any atom is -0.497 e. The molecule has 2 aromatic rings. The van der Waals surface area contributed by atoms with Gasteiger partial charge in [-0.25, -0.2) is 0 Å². The van der Waals surface area contributed by atoms with Gasteiger partial charge in [0.2, 0.25) is 5.91 Å². The number of anilines is 1. The summed E-state index contributed by atoms with van der Waals surface area (Å²) >= 11 is 0. The number of nitrogens with one attached hydrogen (secondary N) is 1. The number of nitrogens with zero attached hydrogens (tertiary/aromatic N) is 2. The van der Waals surface area contributed by atoms with E-state index >= 15 is 0 Å². The number of carbonyl (C=O) groups excluding carboxylic acids is 1. The van der Waals surface area contributed by atoms with E-state index in [1.165, 1.54) is 0 Å². The van der Waals surface area contributed by atoms with E-state index in [-0.39, 0.29) is 11.9 Å². The van der Waals surface area contributed by atoms with Gasteiger partial charge >= 0.3 is 0 Å². The van der Waals surface area contributed by atoms with E-state index in [0.717, 1.165) is 11.3 Å². The molecule has 136 valence electrons. The highest BCUT2D eigenvalue weighted by atomic mass is 16.5. The van der Waals surface area contributed by atoms with Gasteiger partial charge in [-0.3, -0.25) is 9.69 Å². The molecule has 2 rings (SSSR count). The van der Waals surface area contributed by atoms with Crippen LogP contribution < -0.4 is 14.8 Å². The zero-order valence-corrected chi connectivity index (χ0v) is 15.4. The highest BCUT2D eigenvalue weighted by molar-refractivity contribution is 5.94. The van der Waals surface area contributed by atoms with Crippen LogP contribution in [0.15, 0.2) is 42.5 Å². The van der Waals surface area contributed by atoms with Gasteiger partial charge in [-0.05, 0) is 38.2 Å². The largest absolute Gasteiger partial charge is 0.497 e. The number of hydrogen-bond donors (Lipinski definition) is 1. The van der Waals surface area contributed by atoms with E-state index in [9.17, 15) is 4.79 Å². The summed E-state index contributed by atoms with van der Waals surface area (Å²) in [6, 6.07) is 14.2. The van der Waals surface area contributed by atoms with E-state index in [4.69, 9.17) is 14.7 Å². The topological polar surface area (TPSA) is 74.6 Å². The summed E-state index contributed by atoms with van der Waals surface area (Å²) in [6.45, 7) is 2.37. The van der Waals surface area contributed by atoms with Crippen molar-refractivity contribution in [3.63, 3.8) is 0 Å². The number of nitriles is 1. The minimum absolute atomic E-state index is 0.143. The molecule has 0 bridgehead atoms. The third-order valence-corrected chi connectivity index (χ3v) is 4.21. The Morgan fingerprint density at radius 1 is 1.23 bits per heavy atom. The Morgan fingerprint density at radius 3 is 2.65 bits per heavy atom. The first-order valence-corrected chi connectivity index (χ1v) is 8.20. The summed E-state index contributed by atoms with van der Waals surface area (Å²) in [5, 5.41) is 11.8. The summed E-state index contributed by atoms with van der Waals surface area (Å²) in [6.07, 6.45) is 0. The summed E-state index contributed by atoms with van der Waals surface area (Å²) < 4.78 is 10.6. The van der Waals surface area contributed by atoms with Crippen LogP contribution in [0.2, 0.25) is 0 Å². The lowest BCUT2D eigenvalue weighted by molar-refractivity contribution is -0.120. The lowest BCUT2D eigenvalue weighted by Gasteiger charge is -2.25. The number of hydrogen-bond acceptors (Lipinski definition) is 5. The number of benzene rings is 2. The molecule has 0 aliphatic rings. The van der Waals surface area contributed by atoms with Crippen molar-refractivity contribution in [2.45, 2.75) is 19.5 Å². The molecule has 0 aromatic heterocycles. The molecule has 0 fully saturated rings. The van der Waals surface area contributed by atoms with Crippen molar-refractivity contribution >= 4 is 11.6 Å². The number of likely N-dealkylation sites (N-methyl/N-ethyl adjacent to an activating group) is 1. The molecule has 0 saturated carbocycles. The van der Waals surface area contributed by atoms with Gasteiger partial charge in [-0.15, -0.1) is 0 Å². The minimum atomic E-state index is -0.368. The average molecular weight is 353 g/mol. The molecule has 26 heavy (non-hydrogen) atoms. The highest BCUT2D eigenvalue weighted by Crippen LogP contribution is 2.26. The third-order valence-electron chi connectivity index (χ3n) is 4.21. The standard InChI is InChI=1S/C20H23N3O3/c1-14(20(24)22-17-7-5-6-15(10-17)12-21)23(2)13-16-8-9-18(25-3)11-19(16)26-4/h5-11,14H,13H2,1-4H3,(H,22,24)/t14-/m0/s1. The van der Waals surface area contributed by atoms with Crippen LogP contribution in [0.4, 0.5) is 5.69 Å². The van der Waals surface area contributed by atoms with E-state index in [1.54, 1.807) is 38.5 Å². The van der Waals surface area contributed by atoms with Crippen LogP contribution in [-0.2, 0) is 11.3 Å². The normalized spacial score (nSPS) is 11.5. The van der Waals surface area contributed by atoms with Gasteiger partial charge in [0.05, 0.1) is 31.9 Å². The van der Waals surface area contributed by atoms with Crippen molar-refractivity contribution in [1.82, 2.24) is 4.90 Å². The first kappa shape index (κ1) is 19.3. The fourth-order valence-electron chi connectivity index (χ4n) is 2.50. The van der Waals surface area contributed by atoms with Crippen LogP contribution in [0.5, 0.6) is 11.5 Å². The molecule has 0 heterocycles. The maximum Gasteiger partial charge on any atom is 0.241 e. The Bertz CT molecular complexity index is 814. The number of ether oxygens (including phenoxy) is 2. The fraction of sp³-hybridized carbons (Fsp3) is 0.300. The van der Waals surface area contributed by atoms with Gasteiger partial charge in [0.1, 0.15) is 11.5 Å². The smallest absolute Gasteiger partial charge is 0.241 e. The van der Waals surface area contributed by atoms with Gasteiger partial charge in [0.15, 0.2) is 0 Å². The zero-order chi connectivity index (χ0) is 19.1. The van der Waals surface area contributed by atoms with Crippen LogP contribution in [0.25, 0.3) is 0 Å². The second-order valence-corrected chi connectivity index (χ2v) is 5.95. The Morgan fingerprint density at radius 2 is 2.00 bits per heavy atom. The number of rotatable bonds is 7. The highest BCUT2D eigenvalue weighted by Gasteiger charge is 2.20. The number of methoxy groups -OCH3 is 2. The molecular formula is C20H23N3O3. The lowest BCUT2D eigenvalue weighted by atomic mass is 10.1. The van der Waals surface area contributed by atoms with E-state index in [1.807, 2.05) is 37.1 Å². The zero-order valence-electron chi connectivity index (χ0n) is 15.4. The molecular weight excluding hydrogens is 330 g/mol. The summed E-state index contributed by atoms with van der Waals surface area (Å²) in [5.41, 5.74) is 2.07. The van der Waals surface area contributed by atoms with E-state index < -0.39 is 0 Å². The number of amides is 1. The van der Waals surface area contributed by atoms with E-state index in [0.29, 0.717) is 23.5 Å². The quantitative estimate of drug-likeness (QED) is 0.828. The van der Waals surface area contributed by atoms with Gasteiger partial charge in [-0.1, -0.05) is 12.1 Å². The first-order chi connectivity index (χ1) is 12.5. The molecule has 0 unspecified atom stereocenters. The van der Waals surface area contributed by atoms with Crippen LogP contribution >= 0.6 is 0 Å². The van der Waals surface area contributed by atoms with Crippen molar-refractivity contribution in [2.24, 2.45) is 0 Å². The SMILES string of the molecule is COc1ccc(CN(C)[C@@H](C)C(=O)Nc2cccc(C#N)c2)c(OC)c1. The summed E-state index contributed by atoms with van der Waals surface area (Å²) in [5.74, 6) is 1.29. The molecule has 1 N–H and O–H groups in total. The van der Waals surface area contributed by atoms with Crippen LogP contribution in [0.3, 0.4) is 0 Å². The molecule has 1 atom stereocenters. The average Bonchev–Trinajstić information content (AvgIpc) is 2.67. The van der Waals surface area contributed by atoms with Crippen molar-refractivity contribution in [3.8, 4) is 17.6 Å². The predicted molar refractivity (Wildman–Crippen MR) is 100 cm³/mol. The van der Waals surface area contributed by atoms with Gasteiger partial charge < -0.3 is 14.8 Å².